The van der Waals surface area contributed by atoms with E-state index in [0.717, 1.165) is 11.3 Å². The van der Waals surface area contributed by atoms with Crippen molar-refractivity contribution >= 4 is 23.2 Å². The molecule has 0 bridgehead atoms. The van der Waals surface area contributed by atoms with E-state index in [9.17, 15) is 0 Å². The largest absolute Gasteiger partial charge is 0.495 e. The van der Waals surface area contributed by atoms with Crippen LogP contribution < -0.4 is 21.3 Å². The van der Waals surface area contributed by atoms with E-state index in [-0.39, 0.29) is 0 Å². The summed E-state index contributed by atoms with van der Waals surface area (Å²) in [5.41, 5.74) is 4.26. The van der Waals surface area contributed by atoms with Crippen LogP contribution in [-0.2, 0) is 0 Å². The van der Waals surface area contributed by atoms with E-state index in [2.05, 4.69) is 29.6 Å². The maximum atomic E-state index is 6.06. The van der Waals surface area contributed by atoms with Crippen molar-refractivity contribution in [2.75, 3.05) is 19.0 Å². The fraction of sp³-hybridized carbons (Fsp3) is 0.462. The topological polar surface area (TPSA) is 71.7 Å². The molecule has 0 fully saturated rings. The number of guanidine groups is 1. The van der Waals surface area contributed by atoms with Gasteiger partial charge in [0.05, 0.1) is 12.8 Å². The number of aryl methyl sites for hydroxylation is 1. The van der Waals surface area contributed by atoms with Gasteiger partial charge < -0.3 is 10.1 Å². The first-order chi connectivity index (χ1) is 8.97. The van der Waals surface area contributed by atoms with Crippen LogP contribution in [0.4, 0.5) is 5.69 Å². The normalized spacial score (nSPS) is 11.6. The lowest BCUT2D eigenvalue weighted by molar-refractivity contribution is 0.417. The van der Waals surface area contributed by atoms with Crippen LogP contribution in [0.5, 0.6) is 5.75 Å². The molecule has 0 unspecified atom stereocenters. The summed E-state index contributed by atoms with van der Waals surface area (Å²) in [5, 5.41) is 3.76. The van der Waals surface area contributed by atoms with Gasteiger partial charge in [0.2, 0.25) is 5.96 Å². The molecule has 0 saturated carbocycles. The highest BCUT2D eigenvalue weighted by molar-refractivity contribution is 6.31. The van der Waals surface area contributed by atoms with Crippen LogP contribution >= 0.6 is 11.6 Å². The number of ether oxygens (including phenoxy) is 1. The number of methoxy groups -OCH3 is 1. The summed E-state index contributed by atoms with van der Waals surface area (Å²) in [7, 11) is 1.59. The summed E-state index contributed by atoms with van der Waals surface area (Å²) >= 11 is 6.06. The lowest BCUT2D eigenvalue weighted by atomic mass is 10.2. The van der Waals surface area contributed by atoms with Crippen molar-refractivity contribution in [2.45, 2.75) is 20.8 Å². The summed E-state index contributed by atoms with van der Waals surface area (Å²) in [4.78, 5) is 4.35. The Morgan fingerprint density at radius 1 is 1.47 bits per heavy atom. The molecule has 1 rings (SSSR count). The summed E-state index contributed by atoms with van der Waals surface area (Å²) in [6.07, 6.45) is 0. The van der Waals surface area contributed by atoms with E-state index in [4.69, 9.17) is 22.2 Å². The van der Waals surface area contributed by atoms with Gasteiger partial charge in [-0.2, -0.15) is 0 Å². The molecule has 0 saturated heterocycles. The molecule has 0 radical (unpaired) electrons. The van der Waals surface area contributed by atoms with E-state index in [1.807, 2.05) is 13.0 Å². The minimum atomic E-state index is 0.457. The number of benzene rings is 1. The summed E-state index contributed by atoms with van der Waals surface area (Å²) in [6, 6.07) is 3.65. The van der Waals surface area contributed by atoms with Crippen LogP contribution in [0.1, 0.15) is 19.4 Å². The van der Waals surface area contributed by atoms with Crippen LogP contribution in [0, 0.1) is 12.8 Å². The fourth-order valence-electron chi connectivity index (χ4n) is 1.45. The third-order valence-corrected chi connectivity index (χ3v) is 2.89. The Balaban J connectivity index is 2.96. The number of hydrogen-bond donors (Lipinski definition) is 3. The van der Waals surface area contributed by atoms with Gasteiger partial charge in [0.25, 0.3) is 0 Å². The predicted molar refractivity (Wildman–Crippen MR) is 80.8 cm³/mol. The predicted octanol–water partition coefficient (Wildman–Crippen LogP) is 2.54. The molecule has 6 heteroatoms. The summed E-state index contributed by atoms with van der Waals surface area (Å²) in [5.74, 6) is 7.05. The standard InChI is InChI=1S/C13H21ClN4O/c1-8(2)7-16-13(18-15)17-11-5-9(3)10(14)6-12(11)19-4/h5-6,8H,7,15H2,1-4H3,(H2,16,17,18). The molecule has 1 aromatic rings. The van der Waals surface area contributed by atoms with Gasteiger partial charge >= 0.3 is 0 Å². The lowest BCUT2D eigenvalue weighted by Crippen LogP contribution is -2.36. The Bertz CT molecular complexity index is 460. The van der Waals surface area contributed by atoms with Gasteiger partial charge in [-0.15, -0.1) is 0 Å². The average molecular weight is 285 g/mol. The van der Waals surface area contributed by atoms with Gasteiger partial charge in [-0.3, -0.25) is 10.4 Å². The van der Waals surface area contributed by atoms with Crippen LogP contribution in [-0.4, -0.2) is 19.6 Å². The van der Waals surface area contributed by atoms with Crippen molar-refractivity contribution in [3.8, 4) is 5.75 Å². The van der Waals surface area contributed by atoms with E-state index in [1.54, 1.807) is 13.2 Å². The lowest BCUT2D eigenvalue weighted by Gasteiger charge is -2.14. The number of nitrogens with zero attached hydrogens (tertiary/aromatic N) is 1. The maximum Gasteiger partial charge on any atom is 0.210 e. The summed E-state index contributed by atoms with van der Waals surface area (Å²) < 4.78 is 5.28. The number of aliphatic imine (C=N–C) groups is 1. The molecule has 0 spiro atoms. The highest BCUT2D eigenvalue weighted by atomic mass is 35.5. The van der Waals surface area contributed by atoms with Gasteiger partial charge in [-0.1, -0.05) is 25.4 Å². The van der Waals surface area contributed by atoms with Gasteiger partial charge in [0, 0.05) is 17.6 Å². The van der Waals surface area contributed by atoms with Crippen molar-refractivity contribution in [2.24, 2.45) is 16.8 Å². The maximum absolute atomic E-state index is 6.06. The van der Waals surface area contributed by atoms with E-state index in [1.165, 1.54) is 0 Å². The minimum Gasteiger partial charge on any atom is -0.495 e. The zero-order chi connectivity index (χ0) is 14.4. The van der Waals surface area contributed by atoms with Crippen LogP contribution in [0.2, 0.25) is 5.02 Å². The zero-order valence-electron chi connectivity index (χ0n) is 11.7. The van der Waals surface area contributed by atoms with Gasteiger partial charge in [0.15, 0.2) is 0 Å². The number of halogens is 1. The van der Waals surface area contributed by atoms with Crippen LogP contribution in [0.15, 0.2) is 17.1 Å². The van der Waals surface area contributed by atoms with Gasteiger partial charge in [-0.05, 0) is 24.5 Å². The number of nitrogens with two attached hydrogens (primary N) is 1. The number of hydrogen-bond acceptors (Lipinski definition) is 3. The molecular weight excluding hydrogens is 264 g/mol. The first-order valence-electron chi connectivity index (χ1n) is 6.10. The fourth-order valence-corrected chi connectivity index (χ4v) is 1.61. The molecule has 0 aliphatic rings. The number of nitrogens with one attached hydrogen (secondary N) is 2. The summed E-state index contributed by atoms with van der Waals surface area (Å²) in [6.45, 7) is 6.78. The number of rotatable bonds is 4. The minimum absolute atomic E-state index is 0.457. The molecule has 0 amide bonds. The quantitative estimate of drug-likeness (QED) is 0.344. The molecule has 19 heavy (non-hydrogen) atoms. The van der Waals surface area contributed by atoms with Crippen molar-refractivity contribution in [1.82, 2.24) is 5.43 Å². The number of hydrazine groups is 1. The third kappa shape index (κ3) is 4.61. The van der Waals surface area contributed by atoms with Gasteiger partial charge in [-0.25, -0.2) is 5.84 Å². The Morgan fingerprint density at radius 3 is 2.68 bits per heavy atom. The van der Waals surface area contributed by atoms with Crippen LogP contribution in [0.25, 0.3) is 0 Å². The molecule has 0 aliphatic carbocycles. The Morgan fingerprint density at radius 2 is 2.16 bits per heavy atom. The zero-order valence-corrected chi connectivity index (χ0v) is 12.5. The number of anilines is 1. The molecule has 106 valence electrons. The van der Waals surface area contributed by atoms with Gasteiger partial charge in [0.1, 0.15) is 5.75 Å². The second-order valence-electron chi connectivity index (χ2n) is 4.65. The molecule has 0 aliphatic heterocycles. The molecule has 5 nitrogen and oxygen atoms in total. The SMILES string of the molecule is COc1cc(Cl)c(C)cc1NC(=NCC(C)C)NN. The molecular formula is C13H21ClN4O. The first kappa shape index (κ1) is 15.6. The van der Waals surface area contributed by atoms with Crippen molar-refractivity contribution in [3.63, 3.8) is 0 Å². The molecule has 1 aromatic carbocycles. The highest BCUT2D eigenvalue weighted by Crippen LogP contribution is 2.30. The van der Waals surface area contributed by atoms with E-state index >= 15 is 0 Å². The van der Waals surface area contributed by atoms with Crippen molar-refractivity contribution in [1.29, 1.82) is 0 Å². The monoisotopic (exact) mass is 284 g/mol. The molecule has 0 atom stereocenters. The van der Waals surface area contributed by atoms with Crippen molar-refractivity contribution < 1.29 is 4.74 Å². The van der Waals surface area contributed by atoms with Crippen molar-refractivity contribution in [3.05, 3.63) is 22.7 Å². The smallest absolute Gasteiger partial charge is 0.210 e. The first-order valence-corrected chi connectivity index (χ1v) is 6.48. The Labute approximate surface area is 119 Å². The third-order valence-electron chi connectivity index (χ3n) is 2.49. The van der Waals surface area contributed by atoms with Crippen LogP contribution in [0.3, 0.4) is 0 Å². The Hall–Kier alpha value is -1.46. The van der Waals surface area contributed by atoms with E-state index in [0.29, 0.717) is 29.2 Å². The van der Waals surface area contributed by atoms with E-state index < -0.39 is 0 Å². The molecule has 0 aromatic heterocycles. The Kier molecular flexibility index (Phi) is 5.92. The highest BCUT2D eigenvalue weighted by Gasteiger charge is 2.08. The second-order valence-corrected chi connectivity index (χ2v) is 5.06. The second kappa shape index (κ2) is 7.21. The molecule has 4 N–H and O–H groups in total. The molecule has 0 heterocycles. The average Bonchev–Trinajstić information content (AvgIpc) is 2.37.